The molecule has 0 radical (unpaired) electrons. The zero-order valence-electron chi connectivity index (χ0n) is 15.8. The lowest BCUT2D eigenvalue weighted by Gasteiger charge is -2.43. The largest absolute Gasteiger partial charge is 0.465 e. The van der Waals surface area contributed by atoms with Crippen LogP contribution in [0.4, 0.5) is 4.79 Å². The van der Waals surface area contributed by atoms with Crippen molar-refractivity contribution in [2.45, 2.75) is 54.1 Å². The smallest absolute Gasteiger partial charge is 0.407 e. The lowest BCUT2D eigenvalue weighted by molar-refractivity contribution is -0.180. The Morgan fingerprint density at radius 3 is 2.00 bits per heavy atom. The second-order valence-corrected chi connectivity index (χ2v) is 10.0. The zero-order valence-corrected chi connectivity index (χ0v) is 19.6. The number of alkyl halides is 4. The Morgan fingerprint density at radius 2 is 1.52 bits per heavy atom. The Kier molecular flexibility index (Phi) is 10.3. The van der Waals surface area contributed by atoms with Crippen LogP contribution in [0.2, 0.25) is 0 Å². The van der Waals surface area contributed by atoms with Crippen LogP contribution in [0.1, 0.15) is 27.2 Å². The molecule has 0 aromatic heterocycles. The maximum absolute atomic E-state index is 12.1. The van der Waals surface area contributed by atoms with E-state index in [2.05, 4.69) is 21.2 Å². The number of carbonyl (C=O) groups excluding carboxylic acids is 4. The molecule has 5 atom stereocenters. The lowest BCUT2D eigenvalue weighted by Crippen LogP contribution is -2.62. The molecule has 1 rings (SSSR count). The minimum Gasteiger partial charge on any atom is -0.465 e. The molecule has 1 aliphatic rings. The van der Waals surface area contributed by atoms with Crippen molar-refractivity contribution in [2.24, 2.45) is 5.92 Å². The van der Waals surface area contributed by atoms with Gasteiger partial charge in [-0.25, -0.2) is 4.79 Å². The minimum atomic E-state index is -1.80. The van der Waals surface area contributed by atoms with E-state index < -0.39 is 63.4 Å². The lowest BCUT2D eigenvalue weighted by atomic mass is 9.81. The minimum absolute atomic E-state index is 0.0719. The molecule has 0 aliphatic heterocycles. The fraction of sp³-hybridized carbons (Fsp3) is 0.750. The molecule has 0 saturated heterocycles. The van der Waals surface area contributed by atoms with Crippen molar-refractivity contribution in [1.82, 2.24) is 5.32 Å². The van der Waals surface area contributed by atoms with E-state index in [1.54, 1.807) is 0 Å². The number of rotatable bonds is 6. The average molecular weight is 542 g/mol. The summed E-state index contributed by atoms with van der Waals surface area (Å²) in [4.78, 5) is 46.1. The Balaban J connectivity index is 3.06. The molecule has 0 heterocycles. The van der Waals surface area contributed by atoms with Gasteiger partial charge in [0.15, 0.2) is 6.10 Å². The van der Waals surface area contributed by atoms with Gasteiger partial charge >= 0.3 is 24.0 Å². The van der Waals surface area contributed by atoms with Crippen molar-refractivity contribution in [3.05, 3.63) is 0 Å². The van der Waals surface area contributed by atoms with Crippen LogP contribution in [0.5, 0.6) is 0 Å². The molecule has 29 heavy (non-hydrogen) atoms. The van der Waals surface area contributed by atoms with Gasteiger partial charge < -0.3 is 24.3 Å². The maximum Gasteiger partial charge on any atom is 0.407 e. The Labute approximate surface area is 191 Å². The fourth-order valence-corrected chi connectivity index (χ4v) is 3.90. The number of hydrogen-bond acceptors (Lipinski definition) is 8. The standard InChI is InChI=1S/C16H21BrCl3NO8/c1-7(22)26-5-10-4-11(17)12(21-15(25)27-6-16(18,19)20)14(29-9(3)24)13(10)28-8(2)23/h10-14H,4-6H2,1-3H3,(H,21,25)/t10-,11-,12?,13+,14?/m0/s1. The van der Waals surface area contributed by atoms with E-state index in [-0.39, 0.29) is 6.61 Å². The first kappa shape index (κ1) is 26.1. The summed E-state index contributed by atoms with van der Waals surface area (Å²) >= 11 is 20.1. The van der Waals surface area contributed by atoms with Crippen molar-refractivity contribution in [1.29, 1.82) is 0 Å². The third-order valence-corrected chi connectivity index (χ3v) is 5.09. The van der Waals surface area contributed by atoms with E-state index in [0.29, 0.717) is 6.42 Å². The highest BCUT2D eigenvalue weighted by atomic mass is 79.9. The van der Waals surface area contributed by atoms with Crippen molar-refractivity contribution in [2.75, 3.05) is 13.2 Å². The monoisotopic (exact) mass is 539 g/mol. The van der Waals surface area contributed by atoms with E-state index >= 15 is 0 Å². The molecule has 13 heteroatoms. The first-order chi connectivity index (χ1) is 13.3. The van der Waals surface area contributed by atoms with Gasteiger partial charge in [-0.15, -0.1) is 0 Å². The summed E-state index contributed by atoms with van der Waals surface area (Å²) in [5.74, 6) is -2.31. The van der Waals surface area contributed by atoms with Crippen LogP contribution in [-0.4, -0.2) is 64.1 Å². The third-order valence-electron chi connectivity index (χ3n) is 3.82. The molecule has 1 amide bonds. The van der Waals surface area contributed by atoms with Crippen molar-refractivity contribution in [3.8, 4) is 0 Å². The van der Waals surface area contributed by atoms with E-state index in [0.717, 1.165) is 0 Å². The van der Waals surface area contributed by atoms with Gasteiger partial charge in [-0.3, -0.25) is 14.4 Å². The number of alkyl carbamates (subject to hydrolysis) is 1. The van der Waals surface area contributed by atoms with Gasteiger partial charge in [-0.2, -0.15) is 0 Å². The van der Waals surface area contributed by atoms with Crippen LogP contribution >= 0.6 is 50.7 Å². The number of halogens is 4. The van der Waals surface area contributed by atoms with Gasteiger partial charge in [0, 0.05) is 31.5 Å². The summed E-state index contributed by atoms with van der Waals surface area (Å²) < 4.78 is 18.8. The Morgan fingerprint density at radius 1 is 0.966 bits per heavy atom. The Hall–Kier alpha value is -0.970. The fourth-order valence-electron chi connectivity index (χ4n) is 2.82. The van der Waals surface area contributed by atoms with Gasteiger partial charge in [0.05, 0.1) is 12.6 Å². The molecular formula is C16H21BrCl3NO8. The molecule has 0 aromatic carbocycles. The van der Waals surface area contributed by atoms with Crippen molar-refractivity contribution >= 4 is 74.7 Å². The highest BCUT2D eigenvalue weighted by Gasteiger charge is 2.49. The van der Waals surface area contributed by atoms with Crippen LogP contribution < -0.4 is 5.32 Å². The first-order valence-corrected chi connectivity index (χ1v) is 10.5. The highest BCUT2D eigenvalue weighted by molar-refractivity contribution is 9.09. The predicted molar refractivity (Wildman–Crippen MR) is 107 cm³/mol. The summed E-state index contributed by atoms with van der Waals surface area (Å²) in [6, 6.07) is -0.847. The number of amides is 1. The number of esters is 3. The van der Waals surface area contributed by atoms with Gasteiger partial charge in [0.1, 0.15) is 12.7 Å². The number of carbonyl (C=O) groups is 4. The zero-order chi connectivity index (χ0) is 22.4. The van der Waals surface area contributed by atoms with Gasteiger partial charge in [-0.1, -0.05) is 50.7 Å². The normalized spacial score (nSPS) is 26.8. The van der Waals surface area contributed by atoms with Crippen LogP contribution in [0.25, 0.3) is 0 Å². The molecule has 1 N–H and O–H groups in total. The van der Waals surface area contributed by atoms with E-state index in [4.69, 9.17) is 53.8 Å². The summed E-state index contributed by atoms with van der Waals surface area (Å²) in [7, 11) is 0. The second kappa shape index (κ2) is 11.4. The highest BCUT2D eigenvalue weighted by Crippen LogP contribution is 2.35. The number of ether oxygens (including phenoxy) is 4. The Bertz CT molecular complexity index is 630. The number of hydrogen-bond donors (Lipinski definition) is 1. The van der Waals surface area contributed by atoms with E-state index in [1.807, 2.05) is 0 Å². The van der Waals surface area contributed by atoms with Crippen molar-refractivity contribution < 1.29 is 38.1 Å². The number of nitrogens with one attached hydrogen (secondary N) is 1. The van der Waals surface area contributed by atoms with Crippen LogP contribution in [-0.2, 0) is 33.3 Å². The van der Waals surface area contributed by atoms with Gasteiger partial charge in [0.25, 0.3) is 0 Å². The van der Waals surface area contributed by atoms with E-state index in [1.165, 1.54) is 20.8 Å². The summed E-state index contributed by atoms with van der Waals surface area (Å²) in [6.07, 6.45) is -2.68. The second-order valence-electron chi connectivity index (χ2n) is 6.32. The van der Waals surface area contributed by atoms with Crippen molar-refractivity contribution in [3.63, 3.8) is 0 Å². The first-order valence-electron chi connectivity index (χ1n) is 8.42. The molecule has 0 bridgehead atoms. The summed E-state index contributed by atoms with van der Waals surface area (Å²) in [6.45, 7) is 3.01. The summed E-state index contributed by atoms with van der Waals surface area (Å²) in [5, 5.41) is 2.53. The third kappa shape index (κ3) is 9.59. The molecule has 0 spiro atoms. The molecule has 1 fully saturated rings. The van der Waals surface area contributed by atoms with Gasteiger partial charge in [0.2, 0.25) is 3.79 Å². The van der Waals surface area contributed by atoms with Crippen LogP contribution in [0.3, 0.4) is 0 Å². The molecule has 2 unspecified atom stereocenters. The quantitative estimate of drug-likeness (QED) is 0.310. The predicted octanol–water partition coefficient (Wildman–Crippen LogP) is 2.66. The summed E-state index contributed by atoms with van der Waals surface area (Å²) in [5.41, 5.74) is 0. The average Bonchev–Trinajstić information content (AvgIpc) is 2.55. The molecule has 1 aliphatic carbocycles. The molecule has 1 saturated carbocycles. The maximum atomic E-state index is 12.1. The SMILES string of the molecule is CC(=O)OC[C@@H]1C[C@H](Br)C(NC(=O)OCC(Cl)(Cl)Cl)C(OC(C)=O)[C@@H]1OC(C)=O. The molecule has 166 valence electrons. The van der Waals surface area contributed by atoms with Gasteiger partial charge in [-0.05, 0) is 6.42 Å². The molecular weight excluding hydrogens is 520 g/mol. The van der Waals surface area contributed by atoms with Crippen LogP contribution in [0, 0.1) is 5.92 Å². The topological polar surface area (TPSA) is 117 Å². The molecule has 0 aromatic rings. The molecule has 9 nitrogen and oxygen atoms in total. The van der Waals surface area contributed by atoms with Crippen LogP contribution in [0.15, 0.2) is 0 Å². The van der Waals surface area contributed by atoms with E-state index in [9.17, 15) is 19.2 Å².